The summed E-state index contributed by atoms with van der Waals surface area (Å²) >= 11 is 0. The van der Waals surface area contributed by atoms with Crippen LogP contribution in [0.25, 0.3) is 16.9 Å². The summed E-state index contributed by atoms with van der Waals surface area (Å²) in [5.41, 5.74) is 4.77. The number of hydrogen-bond donors (Lipinski definition) is 2. The molecule has 8 nitrogen and oxygen atoms in total. The minimum Gasteiger partial charge on any atom is -0.507 e. The molecular formula is C25H20F3N5O3. The third kappa shape index (κ3) is 5.35. The number of nitrogens with one attached hydrogen (secondary N) is 1. The Bertz CT molecular complexity index is 1510. The molecule has 2 aromatic carbocycles. The second-order valence-corrected chi connectivity index (χ2v) is 7.71. The van der Waals surface area contributed by atoms with Crippen LogP contribution in [0.1, 0.15) is 16.7 Å². The van der Waals surface area contributed by atoms with Gasteiger partial charge >= 0.3 is 11.9 Å². The van der Waals surface area contributed by atoms with Crippen LogP contribution in [0.4, 0.5) is 19.0 Å². The summed E-state index contributed by atoms with van der Waals surface area (Å²) in [6.07, 6.45) is 0.130. The van der Waals surface area contributed by atoms with Gasteiger partial charge in [-0.2, -0.15) is 5.10 Å². The number of hydrazone groups is 1. The molecule has 0 aliphatic rings. The number of ether oxygens (including phenoxy) is 1. The van der Waals surface area contributed by atoms with Crippen molar-refractivity contribution in [3.63, 3.8) is 0 Å². The average Bonchev–Trinajstić information content (AvgIpc) is 2.82. The summed E-state index contributed by atoms with van der Waals surface area (Å²) in [5.74, 6) is -0.538. The van der Waals surface area contributed by atoms with Crippen LogP contribution in [0.2, 0.25) is 0 Å². The van der Waals surface area contributed by atoms with Crippen molar-refractivity contribution < 1.29 is 23.0 Å². The first-order valence-corrected chi connectivity index (χ1v) is 10.6. The first kappa shape index (κ1) is 24.5. The number of aryl methyl sites for hydroxylation is 1. The Labute approximate surface area is 203 Å². The molecule has 36 heavy (non-hydrogen) atoms. The largest absolute Gasteiger partial charge is 0.573 e. The summed E-state index contributed by atoms with van der Waals surface area (Å²) < 4.78 is 42.6. The minimum atomic E-state index is -4.84. The van der Waals surface area contributed by atoms with Gasteiger partial charge in [0.05, 0.1) is 11.9 Å². The lowest BCUT2D eigenvalue weighted by Crippen LogP contribution is -2.24. The Balaban J connectivity index is 1.71. The molecule has 0 atom stereocenters. The number of nitrogens with zero attached hydrogens (tertiary/aromatic N) is 4. The fraction of sp³-hybridized carbons (Fsp3) is 0.120. The molecule has 0 radical (unpaired) electrons. The maximum atomic E-state index is 13.3. The van der Waals surface area contributed by atoms with Crippen LogP contribution in [0.5, 0.6) is 11.5 Å². The maximum absolute atomic E-state index is 13.3. The Hall–Kier alpha value is -4.67. The number of rotatable bonds is 7. The van der Waals surface area contributed by atoms with Crippen molar-refractivity contribution in [1.29, 1.82) is 0 Å². The number of aromatic nitrogens is 3. The van der Waals surface area contributed by atoms with Crippen LogP contribution in [0, 0.1) is 6.92 Å². The Kier molecular flexibility index (Phi) is 6.73. The second kappa shape index (κ2) is 9.90. The maximum Gasteiger partial charge on any atom is 0.573 e. The summed E-state index contributed by atoms with van der Waals surface area (Å²) in [7, 11) is 0. The molecule has 184 valence electrons. The molecule has 2 N–H and O–H groups in total. The van der Waals surface area contributed by atoms with E-state index in [1.165, 1.54) is 29.1 Å². The highest BCUT2D eigenvalue weighted by Gasteiger charge is 2.31. The quantitative estimate of drug-likeness (QED) is 0.216. The van der Waals surface area contributed by atoms with E-state index in [4.69, 9.17) is 0 Å². The SMILES string of the molecule is C=CCc1cc(C)cc(/C=N/Nc2nc3cccnc3n(-c3ccc(OC(F)(F)F)cc3)c2=O)c1O. The van der Waals surface area contributed by atoms with Gasteiger partial charge < -0.3 is 9.84 Å². The summed E-state index contributed by atoms with van der Waals surface area (Å²) in [5, 5.41) is 14.6. The van der Waals surface area contributed by atoms with Gasteiger partial charge in [0.15, 0.2) is 5.65 Å². The minimum absolute atomic E-state index is 0.0419. The van der Waals surface area contributed by atoms with Crippen molar-refractivity contribution in [1.82, 2.24) is 14.5 Å². The first-order valence-electron chi connectivity index (χ1n) is 10.6. The molecule has 0 unspecified atom stereocenters. The number of hydrogen-bond acceptors (Lipinski definition) is 7. The van der Waals surface area contributed by atoms with Crippen LogP contribution in [0.15, 0.2) is 77.3 Å². The Morgan fingerprint density at radius 2 is 1.97 bits per heavy atom. The van der Waals surface area contributed by atoms with Crippen molar-refractivity contribution >= 4 is 23.2 Å². The monoisotopic (exact) mass is 495 g/mol. The number of pyridine rings is 1. The van der Waals surface area contributed by atoms with E-state index in [0.717, 1.165) is 17.7 Å². The number of allylic oxidation sites excluding steroid dienone is 1. The van der Waals surface area contributed by atoms with Gasteiger partial charge in [-0.1, -0.05) is 12.1 Å². The lowest BCUT2D eigenvalue weighted by Gasteiger charge is -2.13. The van der Waals surface area contributed by atoms with Crippen molar-refractivity contribution in [2.24, 2.45) is 5.10 Å². The van der Waals surface area contributed by atoms with E-state index in [0.29, 0.717) is 23.1 Å². The van der Waals surface area contributed by atoms with Crippen molar-refractivity contribution in [2.75, 3.05) is 5.43 Å². The normalized spacial score (nSPS) is 11.7. The number of fused-ring (bicyclic) bond motifs is 1. The number of halogens is 3. The fourth-order valence-electron chi connectivity index (χ4n) is 3.58. The molecule has 0 fully saturated rings. The predicted octanol–water partition coefficient (Wildman–Crippen LogP) is 4.87. The van der Waals surface area contributed by atoms with E-state index >= 15 is 0 Å². The first-order chi connectivity index (χ1) is 17.2. The van der Waals surface area contributed by atoms with E-state index in [9.17, 15) is 23.1 Å². The van der Waals surface area contributed by atoms with Gasteiger partial charge in [-0.15, -0.1) is 19.8 Å². The third-order valence-electron chi connectivity index (χ3n) is 5.05. The molecule has 2 aromatic heterocycles. The van der Waals surface area contributed by atoms with Crippen molar-refractivity contribution in [3.8, 4) is 17.2 Å². The van der Waals surface area contributed by atoms with Gasteiger partial charge in [0.2, 0.25) is 5.82 Å². The summed E-state index contributed by atoms with van der Waals surface area (Å²) in [4.78, 5) is 21.7. The fourth-order valence-corrected chi connectivity index (χ4v) is 3.58. The molecule has 0 saturated carbocycles. The second-order valence-electron chi connectivity index (χ2n) is 7.71. The molecule has 0 amide bonds. The van der Waals surface area contributed by atoms with Crippen molar-refractivity contribution in [3.05, 3.63) is 94.4 Å². The number of phenols is 1. The highest BCUT2D eigenvalue weighted by molar-refractivity contribution is 5.85. The number of phenolic OH excluding ortho intramolecular Hbond substituents is 1. The van der Waals surface area contributed by atoms with E-state index in [-0.39, 0.29) is 22.9 Å². The summed E-state index contributed by atoms with van der Waals surface area (Å²) in [6, 6.07) is 11.6. The van der Waals surface area contributed by atoms with E-state index in [1.807, 2.05) is 13.0 Å². The van der Waals surface area contributed by atoms with Gasteiger partial charge in [0, 0.05) is 11.8 Å². The molecule has 0 bridgehead atoms. The van der Waals surface area contributed by atoms with Gasteiger partial charge in [0.25, 0.3) is 0 Å². The van der Waals surface area contributed by atoms with Gasteiger partial charge in [-0.05, 0) is 66.9 Å². The Morgan fingerprint density at radius 1 is 1.22 bits per heavy atom. The average molecular weight is 495 g/mol. The predicted molar refractivity (Wildman–Crippen MR) is 130 cm³/mol. The van der Waals surface area contributed by atoms with E-state index in [2.05, 4.69) is 31.8 Å². The van der Waals surface area contributed by atoms with Gasteiger partial charge in [0.1, 0.15) is 17.0 Å². The molecular weight excluding hydrogens is 475 g/mol. The zero-order chi connectivity index (χ0) is 25.9. The van der Waals surface area contributed by atoms with Gasteiger partial charge in [-0.25, -0.2) is 9.97 Å². The lowest BCUT2D eigenvalue weighted by molar-refractivity contribution is -0.274. The molecule has 0 saturated heterocycles. The summed E-state index contributed by atoms with van der Waals surface area (Å²) in [6.45, 7) is 5.56. The standard InChI is InChI=1S/C25H20F3N5O3/c1-3-5-16-12-15(2)13-17(21(16)34)14-30-32-22-24(35)33(23-20(31-22)6-4-11-29-23)18-7-9-19(10-8-18)36-25(26,27)28/h3-4,6-14,34H,1,5H2,2H3,(H,31,32)/b30-14+. The zero-order valence-electron chi connectivity index (χ0n) is 19.0. The highest BCUT2D eigenvalue weighted by atomic mass is 19.4. The molecule has 0 spiro atoms. The zero-order valence-corrected chi connectivity index (χ0v) is 19.0. The molecule has 0 aliphatic carbocycles. The molecule has 0 aliphatic heterocycles. The number of benzene rings is 2. The highest BCUT2D eigenvalue weighted by Crippen LogP contribution is 2.25. The van der Waals surface area contributed by atoms with Gasteiger partial charge in [-0.3, -0.25) is 14.8 Å². The molecule has 2 heterocycles. The van der Waals surface area contributed by atoms with E-state index in [1.54, 1.807) is 24.3 Å². The van der Waals surface area contributed by atoms with Crippen LogP contribution >= 0.6 is 0 Å². The van der Waals surface area contributed by atoms with Crippen LogP contribution in [-0.4, -0.2) is 32.2 Å². The molecule has 4 rings (SSSR count). The van der Waals surface area contributed by atoms with Crippen LogP contribution in [-0.2, 0) is 6.42 Å². The lowest BCUT2D eigenvalue weighted by atomic mass is 10.0. The topological polar surface area (TPSA) is 102 Å². The smallest absolute Gasteiger partial charge is 0.507 e. The number of anilines is 1. The number of alkyl halides is 3. The van der Waals surface area contributed by atoms with Crippen LogP contribution < -0.4 is 15.7 Å². The Morgan fingerprint density at radius 3 is 2.67 bits per heavy atom. The van der Waals surface area contributed by atoms with Crippen LogP contribution in [0.3, 0.4) is 0 Å². The van der Waals surface area contributed by atoms with E-state index < -0.39 is 17.7 Å². The molecule has 4 aromatic rings. The third-order valence-corrected chi connectivity index (χ3v) is 5.05. The molecule has 11 heteroatoms. The number of aromatic hydroxyl groups is 1. The van der Waals surface area contributed by atoms with Crippen molar-refractivity contribution in [2.45, 2.75) is 19.7 Å².